The molecule has 3 aromatic carbocycles. The third-order valence-electron chi connectivity index (χ3n) is 9.23. The van der Waals surface area contributed by atoms with Crippen molar-refractivity contribution in [1.82, 2.24) is 19.4 Å². The van der Waals surface area contributed by atoms with E-state index in [1.807, 2.05) is 36.2 Å². The average molecular weight is 675 g/mol. The summed E-state index contributed by atoms with van der Waals surface area (Å²) in [5, 5.41) is 0.348. The molecule has 1 aliphatic rings. The highest BCUT2D eigenvalue weighted by molar-refractivity contribution is 5.81. The van der Waals surface area contributed by atoms with Crippen LogP contribution in [0.1, 0.15) is 35.2 Å². The Hall–Kier alpha value is -4.90. The number of nitrogens with zero attached hydrogens (tertiary/aromatic N) is 4. The van der Waals surface area contributed by atoms with Crippen molar-refractivity contribution in [2.24, 2.45) is 0 Å². The monoisotopic (exact) mass is 674 g/mol. The molecule has 0 atom stereocenters. The summed E-state index contributed by atoms with van der Waals surface area (Å²) in [5.41, 5.74) is 2.24. The zero-order valence-electron chi connectivity index (χ0n) is 26.9. The van der Waals surface area contributed by atoms with E-state index in [9.17, 15) is 31.5 Å². The molecule has 0 N–H and O–H groups in total. The Kier molecular flexibility index (Phi) is 9.91. The van der Waals surface area contributed by atoms with Crippen LogP contribution in [0.5, 0.6) is 0 Å². The van der Waals surface area contributed by atoms with Crippen molar-refractivity contribution in [2.45, 2.75) is 51.0 Å². The van der Waals surface area contributed by atoms with E-state index in [-0.39, 0.29) is 42.3 Å². The lowest BCUT2D eigenvalue weighted by Crippen LogP contribution is -2.47. The van der Waals surface area contributed by atoms with Crippen LogP contribution < -0.4 is 5.43 Å². The molecule has 5 aromatic rings. The number of piperidine rings is 1. The lowest BCUT2D eigenvalue weighted by molar-refractivity contribution is -0.137. The molecule has 2 aromatic heterocycles. The first kappa shape index (κ1) is 34.0. The number of carbonyl (C=O) groups excluding carboxylic acids is 1. The fourth-order valence-electron chi connectivity index (χ4n) is 6.44. The Labute approximate surface area is 280 Å². The van der Waals surface area contributed by atoms with E-state index < -0.39 is 23.4 Å². The van der Waals surface area contributed by atoms with E-state index in [4.69, 9.17) is 0 Å². The van der Waals surface area contributed by atoms with Crippen LogP contribution >= 0.6 is 0 Å². The quantitative estimate of drug-likeness (QED) is 0.155. The van der Waals surface area contributed by atoms with Gasteiger partial charge in [0.05, 0.1) is 10.9 Å². The average Bonchev–Trinajstić information content (AvgIpc) is 3.09. The Morgan fingerprint density at radius 2 is 1.57 bits per heavy atom. The highest BCUT2D eigenvalue weighted by Gasteiger charge is 2.30. The molecule has 0 aliphatic carbocycles. The standard InChI is InChI=1S/C38H35F5N4O2/c1-45-20-17-30(18-21-45)46(23-25-7-9-26(10-8-25)27-11-14-29(15-12-27)38(41,42)43)35(49)24-47-31(16-13-28-4-2-6-33(39)36(28)40)22-34(48)32-5-3-19-44-37(32)47/h2-12,14-15,19,22,30H,13,16-18,20-21,23-24H2,1H3. The van der Waals surface area contributed by atoms with Crippen LogP contribution in [0.2, 0.25) is 0 Å². The predicted octanol–water partition coefficient (Wildman–Crippen LogP) is 7.27. The van der Waals surface area contributed by atoms with Crippen molar-refractivity contribution in [3.8, 4) is 11.1 Å². The Balaban J connectivity index is 1.29. The third kappa shape index (κ3) is 7.72. The second-order valence-electron chi connectivity index (χ2n) is 12.5. The number of rotatable bonds is 9. The minimum atomic E-state index is -4.41. The van der Waals surface area contributed by atoms with Crippen molar-refractivity contribution < 1.29 is 26.7 Å². The van der Waals surface area contributed by atoms with E-state index in [1.165, 1.54) is 30.3 Å². The Morgan fingerprint density at radius 3 is 2.24 bits per heavy atom. The number of hydrogen-bond acceptors (Lipinski definition) is 4. The fraction of sp³-hybridized carbons (Fsp3) is 0.289. The molecular formula is C38H35F5N4O2. The van der Waals surface area contributed by atoms with E-state index in [1.54, 1.807) is 22.9 Å². The summed E-state index contributed by atoms with van der Waals surface area (Å²) >= 11 is 0. The Morgan fingerprint density at radius 1 is 0.898 bits per heavy atom. The number of fused-ring (bicyclic) bond motifs is 1. The highest BCUT2D eigenvalue weighted by atomic mass is 19.4. The number of hydrogen-bond donors (Lipinski definition) is 0. The highest BCUT2D eigenvalue weighted by Crippen LogP contribution is 2.31. The van der Waals surface area contributed by atoms with Crippen molar-refractivity contribution in [1.29, 1.82) is 0 Å². The van der Waals surface area contributed by atoms with Gasteiger partial charge < -0.3 is 14.4 Å². The number of amides is 1. The van der Waals surface area contributed by atoms with Crippen molar-refractivity contribution in [3.05, 3.63) is 135 Å². The summed E-state index contributed by atoms with van der Waals surface area (Å²) in [4.78, 5) is 35.9. The second-order valence-corrected chi connectivity index (χ2v) is 12.5. The zero-order valence-corrected chi connectivity index (χ0v) is 26.9. The van der Waals surface area contributed by atoms with E-state index in [2.05, 4.69) is 9.88 Å². The molecule has 0 unspecified atom stereocenters. The van der Waals surface area contributed by atoms with Gasteiger partial charge >= 0.3 is 6.18 Å². The summed E-state index contributed by atoms with van der Waals surface area (Å²) in [5.74, 6) is -2.08. The molecule has 6 nitrogen and oxygen atoms in total. The number of pyridine rings is 2. The molecule has 1 aliphatic heterocycles. The molecule has 11 heteroatoms. The number of aryl methyl sites for hydroxylation is 2. The zero-order chi connectivity index (χ0) is 34.7. The molecule has 0 radical (unpaired) electrons. The first-order valence-electron chi connectivity index (χ1n) is 16.1. The molecule has 1 saturated heterocycles. The van der Waals surface area contributed by atoms with Crippen LogP contribution in [-0.4, -0.2) is 51.4 Å². The normalized spacial score (nSPS) is 14.3. The fourth-order valence-corrected chi connectivity index (χ4v) is 6.44. The van der Waals surface area contributed by atoms with Gasteiger partial charge in [-0.25, -0.2) is 13.8 Å². The summed E-state index contributed by atoms with van der Waals surface area (Å²) < 4.78 is 69.3. The van der Waals surface area contributed by atoms with Gasteiger partial charge in [-0.05, 0) is 98.4 Å². The van der Waals surface area contributed by atoms with Gasteiger partial charge in [0, 0.05) is 30.5 Å². The smallest absolute Gasteiger partial charge is 0.334 e. The summed E-state index contributed by atoms with van der Waals surface area (Å²) in [6.45, 7) is 1.81. The number of benzene rings is 3. The molecule has 3 heterocycles. The number of carbonyl (C=O) groups is 1. The lowest BCUT2D eigenvalue weighted by atomic mass is 10.00. The lowest BCUT2D eigenvalue weighted by Gasteiger charge is -2.38. The Bertz CT molecular complexity index is 2000. The summed E-state index contributed by atoms with van der Waals surface area (Å²) in [6, 6.07) is 21.1. The maximum atomic E-state index is 14.5. The minimum absolute atomic E-state index is 0.0539. The van der Waals surface area contributed by atoms with Gasteiger partial charge in [-0.3, -0.25) is 9.59 Å². The van der Waals surface area contributed by atoms with Crippen molar-refractivity contribution in [3.63, 3.8) is 0 Å². The molecule has 49 heavy (non-hydrogen) atoms. The van der Waals surface area contributed by atoms with Gasteiger partial charge in [0.1, 0.15) is 12.2 Å². The molecule has 0 spiro atoms. The van der Waals surface area contributed by atoms with Crippen LogP contribution in [-0.2, 0) is 36.9 Å². The van der Waals surface area contributed by atoms with E-state index >= 15 is 0 Å². The summed E-state index contributed by atoms with van der Waals surface area (Å²) in [7, 11) is 2.04. The maximum absolute atomic E-state index is 14.5. The van der Waals surface area contributed by atoms with Gasteiger partial charge in [0.15, 0.2) is 17.1 Å². The third-order valence-corrected chi connectivity index (χ3v) is 9.23. The van der Waals surface area contributed by atoms with Crippen LogP contribution in [0.15, 0.2) is 95.9 Å². The first-order chi connectivity index (χ1) is 23.5. The molecular weight excluding hydrogens is 639 g/mol. The minimum Gasteiger partial charge on any atom is -0.334 e. The van der Waals surface area contributed by atoms with Crippen LogP contribution in [0.25, 0.3) is 22.2 Å². The van der Waals surface area contributed by atoms with Crippen molar-refractivity contribution in [2.75, 3.05) is 20.1 Å². The van der Waals surface area contributed by atoms with Gasteiger partial charge in [-0.15, -0.1) is 0 Å². The maximum Gasteiger partial charge on any atom is 0.416 e. The molecule has 1 amide bonds. The van der Waals surface area contributed by atoms with Crippen LogP contribution in [0.3, 0.4) is 0 Å². The second kappa shape index (κ2) is 14.3. The van der Waals surface area contributed by atoms with E-state index in [0.29, 0.717) is 28.8 Å². The van der Waals surface area contributed by atoms with Crippen molar-refractivity contribution >= 4 is 16.9 Å². The number of halogens is 5. The predicted molar refractivity (Wildman–Crippen MR) is 178 cm³/mol. The van der Waals surface area contributed by atoms with Gasteiger partial charge in [-0.2, -0.15) is 13.2 Å². The van der Waals surface area contributed by atoms with Gasteiger partial charge in [0.2, 0.25) is 5.91 Å². The van der Waals surface area contributed by atoms with E-state index in [0.717, 1.165) is 55.3 Å². The molecule has 0 bridgehead atoms. The number of aromatic nitrogens is 2. The molecule has 254 valence electrons. The SMILES string of the molecule is CN1CCC(N(Cc2ccc(-c3ccc(C(F)(F)F)cc3)cc2)C(=O)Cn2c(CCc3cccc(F)c3F)cc(=O)c3cccnc32)CC1. The molecule has 6 rings (SSSR count). The van der Waals surface area contributed by atoms with Gasteiger partial charge in [-0.1, -0.05) is 48.5 Å². The molecule has 1 fully saturated rings. The van der Waals surface area contributed by atoms with Gasteiger partial charge in [0.25, 0.3) is 0 Å². The first-order valence-corrected chi connectivity index (χ1v) is 16.1. The topological polar surface area (TPSA) is 58.4 Å². The number of alkyl halides is 3. The number of likely N-dealkylation sites (tertiary alicyclic amines) is 1. The summed E-state index contributed by atoms with van der Waals surface area (Å²) in [6.07, 6.45) is -1.05. The largest absolute Gasteiger partial charge is 0.416 e. The molecule has 0 saturated carbocycles. The van der Waals surface area contributed by atoms with Crippen LogP contribution in [0.4, 0.5) is 22.0 Å². The van der Waals surface area contributed by atoms with Crippen LogP contribution in [0, 0.1) is 11.6 Å².